The SMILES string of the molecule is Cc1c(Br)nn2c1NC(=O)CC2. The Morgan fingerprint density at radius 2 is 2.42 bits per heavy atom. The highest BCUT2D eigenvalue weighted by Gasteiger charge is 2.19. The molecular weight excluding hydrogens is 222 g/mol. The largest absolute Gasteiger partial charge is 0.311 e. The van der Waals surface area contributed by atoms with E-state index in [2.05, 4.69) is 26.3 Å². The molecule has 1 amide bonds. The summed E-state index contributed by atoms with van der Waals surface area (Å²) in [5.41, 5.74) is 0.989. The van der Waals surface area contributed by atoms with Gasteiger partial charge in [-0.25, -0.2) is 4.68 Å². The van der Waals surface area contributed by atoms with Crippen LogP contribution in [-0.4, -0.2) is 15.7 Å². The first-order chi connectivity index (χ1) is 5.68. The second kappa shape index (κ2) is 2.58. The lowest BCUT2D eigenvalue weighted by Crippen LogP contribution is -2.23. The number of fused-ring (bicyclic) bond motifs is 1. The fraction of sp³-hybridized carbons (Fsp3) is 0.429. The molecule has 2 heterocycles. The maximum absolute atomic E-state index is 11.0. The molecule has 0 spiro atoms. The molecule has 0 unspecified atom stereocenters. The number of aryl methyl sites for hydroxylation is 1. The fourth-order valence-corrected chi connectivity index (χ4v) is 1.62. The molecule has 1 aliphatic rings. The molecule has 0 atom stereocenters. The molecular formula is C7H8BrN3O. The summed E-state index contributed by atoms with van der Waals surface area (Å²) in [5, 5.41) is 6.98. The summed E-state index contributed by atoms with van der Waals surface area (Å²) in [5.74, 6) is 0.885. The zero-order chi connectivity index (χ0) is 8.72. The first-order valence-electron chi connectivity index (χ1n) is 3.71. The minimum absolute atomic E-state index is 0.0676. The number of aromatic nitrogens is 2. The Balaban J connectivity index is 2.50. The van der Waals surface area contributed by atoms with Crippen LogP contribution in [0.5, 0.6) is 0 Å². The molecule has 0 bridgehead atoms. The Hall–Kier alpha value is -0.840. The summed E-state index contributed by atoms with van der Waals surface area (Å²) in [7, 11) is 0. The Kier molecular flexibility index (Phi) is 1.68. The van der Waals surface area contributed by atoms with Crippen molar-refractivity contribution in [3.05, 3.63) is 10.2 Å². The first-order valence-corrected chi connectivity index (χ1v) is 4.50. The summed E-state index contributed by atoms with van der Waals surface area (Å²) in [4.78, 5) is 11.0. The summed E-state index contributed by atoms with van der Waals surface area (Å²) < 4.78 is 2.61. The maximum atomic E-state index is 11.0. The Morgan fingerprint density at radius 1 is 1.67 bits per heavy atom. The van der Waals surface area contributed by atoms with Crippen LogP contribution in [0.3, 0.4) is 0 Å². The summed E-state index contributed by atoms with van der Waals surface area (Å²) >= 11 is 3.31. The van der Waals surface area contributed by atoms with Crippen LogP contribution in [0, 0.1) is 6.92 Å². The molecule has 2 rings (SSSR count). The molecule has 1 aromatic rings. The zero-order valence-electron chi connectivity index (χ0n) is 6.59. The second-order valence-electron chi connectivity index (χ2n) is 2.79. The third-order valence-corrected chi connectivity index (χ3v) is 2.69. The number of nitrogens with zero attached hydrogens (tertiary/aromatic N) is 2. The van der Waals surface area contributed by atoms with Crippen LogP contribution in [0.15, 0.2) is 4.60 Å². The fourth-order valence-electron chi connectivity index (χ4n) is 1.24. The van der Waals surface area contributed by atoms with Crippen LogP contribution in [0.4, 0.5) is 5.82 Å². The quantitative estimate of drug-likeness (QED) is 0.730. The van der Waals surface area contributed by atoms with Gasteiger partial charge in [0.25, 0.3) is 0 Å². The van der Waals surface area contributed by atoms with Gasteiger partial charge in [-0.15, -0.1) is 0 Å². The first kappa shape index (κ1) is 7.79. The van der Waals surface area contributed by atoms with E-state index in [-0.39, 0.29) is 5.91 Å². The maximum Gasteiger partial charge on any atom is 0.227 e. The van der Waals surface area contributed by atoms with Gasteiger partial charge < -0.3 is 5.32 Å². The monoisotopic (exact) mass is 229 g/mol. The van der Waals surface area contributed by atoms with Crippen molar-refractivity contribution >= 4 is 27.7 Å². The van der Waals surface area contributed by atoms with E-state index in [1.807, 2.05) is 6.92 Å². The van der Waals surface area contributed by atoms with E-state index in [4.69, 9.17) is 0 Å². The highest BCUT2D eigenvalue weighted by molar-refractivity contribution is 9.10. The van der Waals surface area contributed by atoms with E-state index in [1.165, 1.54) is 0 Å². The van der Waals surface area contributed by atoms with Crippen LogP contribution in [0.25, 0.3) is 0 Å². The van der Waals surface area contributed by atoms with E-state index in [0.29, 0.717) is 13.0 Å². The van der Waals surface area contributed by atoms with Crippen molar-refractivity contribution in [2.75, 3.05) is 5.32 Å². The summed E-state index contributed by atoms with van der Waals surface area (Å²) in [6.07, 6.45) is 0.514. The standard InChI is InChI=1S/C7H8BrN3O/c1-4-6(8)10-11-3-2-5(12)9-7(4)11/h2-3H2,1H3,(H,9,12). The van der Waals surface area contributed by atoms with Crippen molar-refractivity contribution < 1.29 is 4.79 Å². The van der Waals surface area contributed by atoms with E-state index < -0.39 is 0 Å². The van der Waals surface area contributed by atoms with E-state index in [0.717, 1.165) is 16.0 Å². The van der Waals surface area contributed by atoms with Crippen LogP contribution in [0.1, 0.15) is 12.0 Å². The van der Waals surface area contributed by atoms with Gasteiger partial charge in [-0.3, -0.25) is 4.79 Å². The van der Waals surface area contributed by atoms with Gasteiger partial charge in [0.2, 0.25) is 5.91 Å². The molecule has 64 valence electrons. The topological polar surface area (TPSA) is 46.9 Å². The number of hydrogen-bond acceptors (Lipinski definition) is 2. The molecule has 1 N–H and O–H groups in total. The molecule has 12 heavy (non-hydrogen) atoms. The average molecular weight is 230 g/mol. The summed E-state index contributed by atoms with van der Waals surface area (Å²) in [6, 6.07) is 0. The third-order valence-electron chi connectivity index (χ3n) is 1.94. The number of nitrogens with one attached hydrogen (secondary N) is 1. The second-order valence-corrected chi connectivity index (χ2v) is 3.54. The van der Waals surface area contributed by atoms with Crippen LogP contribution < -0.4 is 5.32 Å². The molecule has 4 nitrogen and oxygen atoms in total. The minimum Gasteiger partial charge on any atom is -0.311 e. The predicted molar refractivity (Wildman–Crippen MR) is 47.9 cm³/mol. The lowest BCUT2D eigenvalue weighted by atomic mass is 10.3. The number of halogens is 1. The Bertz CT molecular complexity index is 345. The van der Waals surface area contributed by atoms with Gasteiger partial charge in [-0.05, 0) is 22.9 Å². The molecule has 0 aliphatic carbocycles. The number of carbonyl (C=O) groups is 1. The van der Waals surface area contributed by atoms with E-state index >= 15 is 0 Å². The average Bonchev–Trinajstić information content (AvgIpc) is 2.31. The number of hydrogen-bond donors (Lipinski definition) is 1. The summed E-state index contributed by atoms with van der Waals surface area (Å²) in [6.45, 7) is 2.60. The van der Waals surface area contributed by atoms with Crippen molar-refractivity contribution in [1.29, 1.82) is 0 Å². The van der Waals surface area contributed by atoms with Crippen molar-refractivity contribution in [2.45, 2.75) is 19.9 Å². The Morgan fingerprint density at radius 3 is 3.17 bits per heavy atom. The van der Waals surface area contributed by atoms with Crippen LogP contribution in [0.2, 0.25) is 0 Å². The van der Waals surface area contributed by atoms with Gasteiger partial charge >= 0.3 is 0 Å². The van der Waals surface area contributed by atoms with Crippen LogP contribution in [-0.2, 0) is 11.3 Å². The third kappa shape index (κ3) is 1.04. The molecule has 1 aromatic heterocycles. The zero-order valence-corrected chi connectivity index (χ0v) is 8.18. The molecule has 0 saturated heterocycles. The Labute approximate surface area is 78.1 Å². The molecule has 5 heteroatoms. The van der Waals surface area contributed by atoms with Gasteiger partial charge in [-0.1, -0.05) is 0 Å². The smallest absolute Gasteiger partial charge is 0.227 e. The van der Waals surface area contributed by atoms with Crippen molar-refractivity contribution in [3.8, 4) is 0 Å². The lowest BCUT2D eigenvalue weighted by molar-refractivity contribution is -0.116. The minimum atomic E-state index is 0.0676. The number of anilines is 1. The van der Waals surface area contributed by atoms with Gasteiger partial charge in [0, 0.05) is 12.0 Å². The van der Waals surface area contributed by atoms with Gasteiger partial charge in [0.1, 0.15) is 10.4 Å². The highest BCUT2D eigenvalue weighted by atomic mass is 79.9. The predicted octanol–water partition coefficient (Wildman–Crippen LogP) is 1.30. The van der Waals surface area contributed by atoms with Crippen molar-refractivity contribution in [3.63, 3.8) is 0 Å². The lowest BCUT2D eigenvalue weighted by Gasteiger charge is -2.14. The molecule has 0 saturated carbocycles. The van der Waals surface area contributed by atoms with E-state index in [9.17, 15) is 4.79 Å². The molecule has 0 aromatic carbocycles. The van der Waals surface area contributed by atoms with Gasteiger partial charge in [0.05, 0.1) is 6.54 Å². The van der Waals surface area contributed by atoms with Gasteiger partial charge in [-0.2, -0.15) is 5.10 Å². The van der Waals surface area contributed by atoms with Crippen LogP contribution >= 0.6 is 15.9 Å². The van der Waals surface area contributed by atoms with Crippen molar-refractivity contribution in [2.24, 2.45) is 0 Å². The molecule has 0 fully saturated rings. The molecule has 1 aliphatic heterocycles. The van der Waals surface area contributed by atoms with Crippen molar-refractivity contribution in [1.82, 2.24) is 9.78 Å². The normalized spacial score (nSPS) is 15.7. The highest BCUT2D eigenvalue weighted by Crippen LogP contribution is 2.25. The van der Waals surface area contributed by atoms with E-state index in [1.54, 1.807) is 4.68 Å². The number of rotatable bonds is 0. The number of carbonyl (C=O) groups excluding carboxylic acids is 1. The molecule has 0 radical (unpaired) electrons. The van der Waals surface area contributed by atoms with Gasteiger partial charge in [0.15, 0.2) is 0 Å². The number of amides is 1.